The number of carboxylic acid groups (broad SMARTS) is 1. The Bertz CT molecular complexity index is 5200. The van der Waals surface area contributed by atoms with Gasteiger partial charge >= 0.3 is 58.4 Å². The molecule has 23 nitrogen and oxygen atoms in total. The van der Waals surface area contributed by atoms with Gasteiger partial charge in [-0.2, -0.15) is 5.10 Å². The maximum absolute atomic E-state index is 12.2. The first-order valence-electron chi connectivity index (χ1n) is 41.6. The summed E-state index contributed by atoms with van der Waals surface area (Å²) in [6.45, 7) is 17.2. The molecule has 39 heteroatoms. The van der Waals surface area contributed by atoms with Crippen LogP contribution in [0.15, 0.2) is 109 Å². The van der Waals surface area contributed by atoms with E-state index in [9.17, 15) is 29.1 Å². The van der Waals surface area contributed by atoms with E-state index < -0.39 is 43.9 Å². The number of hydrogen-bond donors (Lipinski definition) is 10. The molecule has 10 aromatic rings. The predicted molar refractivity (Wildman–Crippen MR) is 527 cm³/mol. The topological polar surface area (TPSA) is 336 Å². The van der Waals surface area contributed by atoms with E-state index in [2.05, 4.69) is 54.5 Å². The van der Waals surface area contributed by atoms with Crippen molar-refractivity contribution < 1.29 is 87.6 Å². The number of ether oxygens (including phenoxy) is 7. The SMILES string of the molecule is C1=COCC1.CCCC(=O)CC(=O)OCC.CCCC1(CC(=O)O)OCCc2c1[nH]c1c(Cl)ccc(Cl)c21.CCCC1(CC(=O)OCC)OCCc2c1[nH]c1c(Cl)ccc(Cl)c21.CCCC1(CC(=O)OCC)OCCc2c1[nH]c1c(Cl)ccc(Cl)c21.Cl.NNc1cc(Cl)ccc1Cl.OCCC/C=N/Nc1cc(Cl)ccc1Cl.OCCc1c[nH]c2c(Cl)ccc(Cl)c12.[Cl][Zn][Cl]. The van der Waals surface area contributed by atoms with Gasteiger partial charge in [-0.15, -0.1) is 12.4 Å². The molecule has 704 valence electrons. The van der Waals surface area contributed by atoms with Crippen LogP contribution >= 0.6 is 171 Å². The van der Waals surface area contributed by atoms with Crippen LogP contribution in [0.1, 0.15) is 184 Å². The number of benzene rings is 6. The number of nitrogen functional groups attached to an aromatic ring is 1. The van der Waals surface area contributed by atoms with Crippen LogP contribution in [0.4, 0.5) is 11.4 Å². The summed E-state index contributed by atoms with van der Waals surface area (Å²) in [7, 11) is 9.90. The number of aliphatic hydroxyl groups is 2. The number of fused-ring (bicyclic) bond motifs is 10. The van der Waals surface area contributed by atoms with Crippen LogP contribution in [0.25, 0.3) is 43.6 Å². The number of Topliss-reactive ketones (excluding diaryl/α,β-unsaturated/α-hetero) is 1. The molecule has 3 atom stereocenters. The number of nitrogens with one attached hydrogen (secondary N) is 6. The number of aliphatic carboxylic acids is 1. The summed E-state index contributed by atoms with van der Waals surface area (Å²) in [4.78, 5) is 70.4. The number of aromatic nitrogens is 4. The Kier molecular flexibility index (Phi) is 52.0. The Morgan fingerprint density at radius 1 is 0.512 bits per heavy atom. The average Bonchev–Trinajstić information content (AvgIpc) is 1.60. The van der Waals surface area contributed by atoms with Crippen LogP contribution in [-0.2, 0) is 115 Å². The molecule has 11 N–H and O–H groups in total. The molecule has 0 radical (unpaired) electrons. The van der Waals surface area contributed by atoms with Gasteiger partial charge in [0.2, 0.25) is 0 Å². The fourth-order valence-electron chi connectivity index (χ4n) is 14.9. The molecule has 4 aromatic heterocycles. The van der Waals surface area contributed by atoms with Crippen LogP contribution in [0, 0.1) is 0 Å². The summed E-state index contributed by atoms with van der Waals surface area (Å²) in [5, 5.41) is 41.8. The first-order chi connectivity index (χ1) is 61.3. The summed E-state index contributed by atoms with van der Waals surface area (Å²) in [6, 6.07) is 24.4. The Labute approximate surface area is 833 Å². The van der Waals surface area contributed by atoms with Crippen LogP contribution < -0.4 is 16.7 Å². The zero-order chi connectivity index (χ0) is 94.3. The van der Waals surface area contributed by atoms with E-state index in [0.717, 1.165) is 154 Å². The molecule has 4 aliphatic rings. The van der Waals surface area contributed by atoms with E-state index in [0.29, 0.717) is 143 Å². The maximum atomic E-state index is 12.2. The molecule has 8 heterocycles. The van der Waals surface area contributed by atoms with E-state index in [1.54, 1.807) is 106 Å². The van der Waals surface area contributed by atoms with Gasteiger partial charge in [0, 0.05) is 70.1 Å². The van der Waals surface area contributed by atoms with Gasteiger partial charge in [-0.05, 0) is 198 Å². The van der Waals surface area contributed by atoms with E-state index in [-0.39, 0.29) is 69.0 Å². The summed E-state index contributed by atoms with van der Waals surface area (Å²) in [6.07, 6.45) is 18.7. The number of carboxylic acids is 1. The molecule has 0 fully saturated rings. The quantitative estimate of drug-likeness (QED) is 0.00334. The fourth-order valence-corrected chi connectivity index (χ4v) is 17.5. The molecular weight excluding hydrogens is 2030 g/mol. The van der Waals surface area contributed by atoms with E-state index in [1.807, 2.05) is 38.3 Å². The number of nitrogens with two attached hydrogens (primary N) is 1. The normalized spacial score (nSPS) is 15.9. The van der Waals surface area contributed by atoms with Crippen molar-refractivity contribution in [3.05, 3.63) is 203 Å². The zero-order valence-corrected chi connectivity index (χ0v) is 86.7. The average molecular weight is 2140 g/mol. The molecule has 0 bridgehead atoms. The van der Waals surface area contributed by atoms with Gasteiger partial charge in [0.25, 0.3) is 0 Å². The molecule has 0 saturated heterocycles. The van der Waals surface area contributed by atoms with Crippen LogP contribution in [-0.4, -0.2) is 131 Å². The Hall–Kier alpha value is -5.43. The third kappa shape index (κ3) is 32.9. The number of rotatable bonds is 27. The van der Waals surface area contributed by atoms with Gasteiger partial charge in [-0.1, -0.05) is 186 Å². The molecule has 0 aliphatic carbocycles. The van der Waals surface area contributed by atoms with Crippen LogP contribution in [0.2, 0.25) is 60.3 Å². The van der Waals surface area contributed by atoms with Gasteiger partial charge in [-0.3, -0.25) is 35.2 Å². The Morgan fingerprint density at radius 2 is 0.899 bits per heavy atom. The molecule has 0 amide bonds. The first-order valence-corrected chi connectivity index (χ1v) is 54.0. The minimum atomic E-state index is -0.931. The van der Waals surface area contributed by atoms with Crippen molar-refractivity contribution in [1.29, 1.82) is 0 Å². The van der Waals surface area contributed by atoms with Gasteiger partial charge in [0.15, 0.2) is 0 Å². The van der Waals surface area contributed by atoms with E-state index >= 15 is 0 Å². The number of hydrogen-bond acceptors (Lipinski definition) is 18. The molecule has 6 aromatic carbocycles. The number of halogens is 15. The number of unbranched alkanes of at least 4 members (excludes halogenated alkanes) is 1. The number of ketones is 1. The van der Waals surface area contributed by atoms with Crippen LogP contribution in [0.3, 0.4) is 0 Å². The number of carbonyl (C=O) groups excluding carboxylic acids is 4. The predicted octanol–water partition coefficient (Wildman–Crippen LogP) is 27.0. The second-order valence-electron chi connectivity index (χ2n) is 29.0. The molecular formula is C90H107Cl15N8O15Zn. The third-order valence-corrected chi connectivity index (χ3v) is 23.7. The van der Waals surface area contributed by atoms with Crippen LogP contribution in [0.5, 0.6) is 0 Å². The standard InChI is InChI=1S/2C18H21Cl2NO3.C16H17Cl2NO3.C10H12Cl2N2O.C10H9Cl2NO.C8H14O3.C6H6Cl2N2.C4H6O.3ClH.Zn/c2*1-3-8-18(10-14(22)23-4-2)17-11(7-9-24-18)15-12(19)5-6-13(20)16(15)21-17;1-2-6-16(8-12(20)21)15-9(5-7-22-16)13-10(17)3-4-11(18)14(13)19-15;11-8-3-4-9(12)10(7-8)14-13-5-1-2-6-15;11-7-1-2-8(12)10-9(7)6(3-4-14)5-13-10;1-3-5-7(9)6-8(10)11-4-2;7-4-1-2-5(8)6(3-4)10-9;1-2-4-5-3-1;;;;/h2*5-6,21H,3-4,7-10H2,1-2H3;3-4,19H,2,5-8H2,1H3,(H,20,21);3-5,7,14-15H,1-2,6H2;1-2,5,13-14H,3-4H2;3-6H2,1-2H3;1-3,10H,9H2;1,3H,2,4H2;3*1H;/q;;;;;;;;;;;+2/p-2/b;;;13-5+;;;;;;;;. The number of anilines is 2. The number of carbonyl (C=O) groups is 5. The molecule has 129 heavy (non-hydrogen) atoms. The van der Waals surface area contributed by atoms with Crippen molar-refractivity contribution in [1.82, 2.24) is 19.9 Å². The van der Waals surface area contributed by atoms with Crippen molar-refractivity contribution >= 4 is 262 Å². The molecule has 4 aliphatic heterocycles. The molecule has 14 rings (SSSR count). The van der Waals surface area contributed by atoms with E-state index in [4.69, 9.17) is 203 Å². The monoisotopic (exact) mass is 2130 g/mol. The molecule has 3 unspecified atom stereocenters. The van der Waals surface area contributed by atoms with Crippen molar-refractivity contribution in [2.75, 3.05) is 70.3 Å². The summed E-state index contributed by atoms with van der Waals surface area (Å²) in [5.74, 6) is 3.29. The van der Waals surface area contributed by atoms with Crippen molar-refractivity contribution in [3.63, 3.8) is 0 Å². The number of hydrazone groups is 1. The number of H-pyrrole nitrogens is 4. The van der Waals surface area contributed by atoms with E-state index in [1.165, 1.54) is 0 Å². The molecule has 0 spiro atoms. The van der Waals surface area contributed by atoms with Crippen molar-refractivity contribution in [2.24, 2.45) is 10.9 Å². The molecule has 0 saturated carbocycles. The minimum absolute atomic E-state index is 0. The summed E-state index contributed by atoms with van der Waals surface area (Å²) in [5.41, 5.74) is 14.3. The fraction of sp³-hybridized carbons (Fsp3) is 0.422. The number of aliphatic hydroxyl groups excluding tert-OH is 2. The first kappa shape index (κ1) is 114. The Morgan fingerprint density at radius 3 is 1.26 bits per heavy atom. The number of aromatic amines is 4. The second kappa shape index (κ2) is 58.8. The van der Waals surface area contributed by atoms with Crippen molar-refractivity contribution in [3.8, 4) is 0 Å². The summed E-state index contributed by atoms with van der Waals surface area (Å²) < 4.78 is 37.9. The summed E-state index contributed by atoms with van der Waals surface area (Å²) >= 11 is 72.3. The number of nitrogens with zero attached hydrogens (tertiary/aromatic N) is 1. The van der Waals surface area contributed by atoms with Gasteiger partial charge < -0.3 is 73.8 Å². The third-order valence-electron chi connectivity index (χ3n) is 20.0. The number of hydrazine groups is 1. The second-order valence-corrected chi connectivity index (χ2v) is 38.6. The van der Waals surface area contributed by atoms with Gasteiger partial charge in [0.1, 0.15) is 29.0 Å². The van der Waals surface area contributed by atoms with Gasteiger partial charge in [-0.25, -0.2) is 0 Å². The van der Waals surface area contributed by atoms with Crippen molar-refractivity contribution in [2.45, 2.75) is 187 Å². The van der Waals surface area contributed by atoms with Gasteiger partial charge in [0.05, 0.1) is 173 Å². The Balaban J connectivity index is 0.000000267. The number of esters is 3. The zero-order valence-electron chi connectivity index (χ0n) is 72.4.